The maximum atomic E-state index is 5.87. The molecule has 0 bridgehead atoms. The zero-order valence-corrected chi connectivity index (χ0v) is 8.77. The van der Waals surface area contributed by atoms with Gasteiger partial charge in [0.05, 0.1) is 5.02 Å². The van der Waals surface area contributed by atoms with Crippen LogP contribution in [-0.4, -0.2) is 6.61 Å². The van der Waals surface area contributed by atoms with Gasteiger partial charge in [-0.1, -0.05) is 35.3 Å². The SMILES string of the molecule is C/C(=C/Cl)COc1ccccc1Cl. The topological polar surface area (TPSA) is 9.23 Å². The van der Waals surface area contributed by atoms with Gasteiger partial charge in [0.15, 0.2) is 0 Å². The lowest BCUT2D eigenvalue weighted by atomic mass is 10.3. The number of hydrogen-bond donors (Lipinski definition) is 0. The molecule has 0 fully saturated rings. The van der Waals surface area contributed by atoms with E-state index in [1.165, 1.54) is 5.54 Å². The van der Waals surface area contributed by atoms with E-state index in [1.54, 1.807) is 6.07 Å². The van der Waals surface area contributed by atoms with Gasteiger partial charge in [-0.2, -0.15) is 0 Å². The first-order valence-corrected chi connectivity index (χ1v) is 4.68. The van der Waals surface area contributed by atoms with E-state index in [-0.39, 0.29) is 0 Å². The van der Waals surface area contributed by atoms with Gasteiger partial charge in [0.2, 0.25) is 0 Å². The van der Waals surface area contributed by atoms with Gasteiger partial charge in [-0.3, -0.25) is 0 Å². The highest BCUT2D eigenvalue weighted by molar-refractivity contribution is 6.32. The lowest BCUT2D eigenvalue weighted by Crippen LogP contribution is -1.98. The summed E-state index contributed by atoms with van der Waals surface area (Å²) in [6, 6.07) is 7.35. The molecule has 70 valence electrons. The first-order chi connectivity index (χ1) is 6.24. The van der Waals surface area contributed by atoms with Crippen LogP contribution >= 0.6 is 23.2 Å². The van der Waals surface area contributed by atoms with Crippen molar-refractivity contribution in [1.29, 1.82) is 0 Å². The molecule has 0 heterocycles. The average molecular weight is 217 g/mol. The molecule has 0 atom stereocenters. The van der Waals surface area contributed by atoms with Crippen LogP contribution in [0.5, 0.6) is 5.75 Å². The molecule has 1 nitrogen and oxygen atoms in total. The van der Waals surface area contributed by atoms with Crippen LogP contribution in [0.15, 0.2) is 35.4 Å². The Morgan fingerprint density at radius 3 is 2.77 bits per heavy atom. The minimum Gasteiger partial charge on any atom is -0.488 e. The predicted octanol–water partition coefficient (Wildman–Crippen LogP) is 3.86. The van der Waals surface area contributed by atoms with Crippen LogP contribution in [0, 0.1) is 0 Å². The van der Waals surface area contributed by atoms with E-state index in [2.05, 4.69) is 0 Å². The van der Waals surface area contributed by atoms with Crippen LogP contribution < -0.4 is 4.74 Å². The quantitative estimate of drug-likeness (QED) is 0.746. The summed E-state index contributed by atoms with van der Waals surface area (Å²) >= 11 is 11.4. The Labute approximate surface area is 87.9 Å². The Kier molecular flexibility index (Phi) is 4.13. The Hall–Kier alpha value is -0.660. The molecule has 0 aromatic heterocycles. The number of ether oxygens (including phenoxy) is 1. The van der Waals surface area contributed by atoms with E-state index in [4.69, 9.17) is 27.9 Å². The molecule has 0 aliphatic carbocycles. The summed E-state index contributed by atoms with van der Waals surface area (Å²) in [4.78, 5) is 0. The second-order valence-corrected chi connectivity index (χ2v) is 3.30. The fraction of sp³-hybridized carbons (Fsp3) is 0.200. The Morgan fingerprint density at radius 2 is 2.15 bits per heavy atom. The smallest absolute Gasteiger partial charge is 0.138 e. The van der Waals surface area contributed by atoms with Gasteiger partial charge in [-0.15, -0.1) is 0 Å². The number of benzene rings is 1. The fourth-order valence-corrected chi connectivity index (χ4v) is 1.04. The maximum Gasteiger partial charge on any atom is 0.138 e. The minimum absolute atomic E-state index is 0.466. The maximum absolute atomic E-state index is 5.87. The third-order valence-corrected chi connectivity index (χ3v) is 2.16. The van der Waals surface area contributed by atoms with Crippen molar-refractivity contribution in [2.24, 2.45) is 0 Å². The summed E-state index contributed by atoms with van der Waals surface area (Å²) in [6.07, 6.45) is 0. The molecule has 1 aromatic rings. The molecule has 0 saturated heterocycles. The molecule has 0 aliphatic rings. The van der Waals surface area contributed by atoms with Crippen molar-refractivity contribution in [1.82, 2.24) is 0 Å². The molecule has 1 rings (SSSR count). The van der Waals surface area contributed by atoms with E-state index in [0.717, 1.165) is 5.57 Å². The lowest BCUT2D eigenvalue weighted by Gasteiger charge is -2.06. The average Bonchev–Trinajstić information content (AvgIpc) is 2.16. The molecule has 0 unspecified atom stereocenters. The first-order valence-electron chi connectivity index (χ1n) is 3.87. The molecule has 0 aliphatic heterocycles. The van der Waals surface area contributed by atoms with E-state index in [0.29, 0.717) is 17.4 Å². The highest BCUT2D eigenvalue weighted by Gasteiger charge is 1.98. The molecule has 0 radical (unpaired) electrons. The van der Waals surface area contributed by atoms with Crippen molar-refractivity contribution in [3.8, 4) is 5.75 Å². The van der Waals surface area contributed by atoms with E-state index < -0.39 is 0 Å². The van der Waals surface area contributed by atoms with Gasteiger partial charge in [-0.25, -0.2) is 0 Å². The van der Waals surface area contributed by atoms with Crippen LogP contribution in [-0.2, 0) is 0 Å². The zero-order chi connectivity index (χ0) is 9.68. The van der Waals surface area contributed by atoms with Gasteiger partial charge in [0.25, 0.3) is 0 Å². The second-order valence-electron chi connectivity index (χ2n) is 2.67. The molecular weight excluding hydrogens is 207 g/mol. The lowest BCUT2D eigenvalue weighted by molar-refractivity contribution is 0.352. The Balaban J connectivity index is 2.60. The van der Waals surface area contributed by atoms with E-state index in [9.17, 15) is 0 Å². The molecule has 0 amide bonds. The monoisotopic (exact) mass is 216 g/mol. The Bertz CT molecular complexity index is 308. The van der Waals surface area contributed by atoms with Crippen molar-refractivity contribution in [2.45, 2.75) is 6.92 Å². The summed E-state index contributed by atoms with van der Waals surface area (Å²) in [6.45, 7) is 2.36. The summed E-state index contributed by atoms with van der Waals surface area (Å²) in [5, 5.41) is 0.616. The predicted molar refractivity (Wildman–Crippen MR) is 56.6 cm³/mol. The number of rotatable bonds is 3. The zero-order valence-electron chi connectivity index (χ0n) is 7.26. The van der Waals surface area contributed by atoms with Gasteiger partial charge >= 0.3 is 0 Å². The van der Waals surface area contributed by atoms with Crippen molar-refractivity contribution in [2.75, 3.05) is 6.61 Å². The van der Waals surface area contributed by atoms with Crippen LogP contribution in [0.25, 0.3) is 0 Å². The minimum atomic E-state index is 0.466. The van der Waals surface area contributed by atoms with Crippen molar-refractivity contribution >= 4 is 23.2 Å². The molecular formula is C10H10Cl2O. The summed E-state index contributed by atoms with van der Waals surface area (Å²) in [5.74, 6) is 0.682. The summed E-state index contributed by atoms with van der Waals surface area (Å²) in [5.41, 5.74) is 2.46. The van der Waals surface area contributed by atoms with Crippen LogP contribution in [0.1, 0.15) is 6.92 Å². The van der Waals surface area contributed by atoms with Crippen molar-refractivity contribution < 1.29 is 4.74 Å². The highest BCUT2D eigenvalue weighted by atomic mass is 35.5. The van der Waals surface area contributed by atoms with Crippen LogP contribution in [0.3, 0.4) is 0 Å². The molecule has 3 heteroatoms. The molecule has 0 saturated carbocycles. The van der Waals surface area contributed by atoms with E-state index in [1.807, 2.05) is 25.1 Å². The molecule has 13 heavy (non-hydrogen) atoms. The fourth-order valence-electron chi connectivity index (χ4n) is 0.785. The Morgan fingerprint density at radius 1 is 1.46 bits per heavy atom. The van der Waals surface area contributed by atoms with Gasteiger partial charge in [0.1, 0.15) is 12.4 Å². The standard InChI is InChI=1S/C10H10Cl2O/c1-8(6-11)7-13-10-5-3-2-4-9(10)12/h2-6H,7H2,1H3/b8-6-. The van der Waals surface area contributed by atoms with Crippen LogP contribution in [0.4, 0.5) is 0 Å². The highest BCUT2D eigenvalue weighted by Crippen LogP contribution is 2.23. The van der Waals surface area contributed by atoms with E-state index >= 15 is 0 Å². The first kappa shape index (κ1) is 10.4. The largest absolute Gasteiger partial charge is 0.488 e. The van der Waals surface area contributed by atoms with Crippen molar-refractivity contribution in [3.63, 3.8) is 0 Å². The normalized spacial score (nSPS) is 11.5. The number of halogens is 2. The van der Waals surface area contributed by atoms with Gasteiger partial charge in [0, 0.05) is 5.54 Å². The third kappa shape index (κ3) is 3.29. The van der Waals surface area contributed by atoms with Crippen molar-refractivity contribution in [3.05, 3.63) is 40.4 Å². The summed E-state index contributed by atoms with van der Waals surface area (Å²) < 4.78 is 5.40. The van der Waals surface area contributed by atoms with Gasteiger partial charge < -0.3 is 4.74 Å². The molecule has 0 spiro atoms. The molecule has 0 N–H and O–H groups in total. The van der Waals surface area contributed by atoms with Gasteiger partial charge in [-0.05, 0) is 24.6 Å². The number of hydrogen-bond acceptors (Lipinski definition) is 1. The van der Waals surface area contributed by atoms with Crippen LogP contribution in [0.2, 0.25) is 5.02 Å². The second kappa shape index (κ2) is 5.15. The molecule has 1 aromatic carbocycles. The number of para-hydroxylation sites is 1. The third-order valence-electron chi connectivity index (χ3n) is 1.48. The summed E-state index contributed by atoms with van der Waals surface area (Å²) in [7, 11) is 0.